The van der Waals surface area contributed by atoms with Crippen LogP contribution in [-0.2, 0) is 0 Å². The molecule has 0 radical (unpaired) electrons. The Hall–Kier alpha value is -1.33. The number of thiophene rings is 1. The molecule has 2 heterocycles. The van der Waals surface area contributed by atoms with E-state index in [9.17, 15) is 4.79 Å². The van der Waals surface area contributed by atoms with E-state index in [1.165, 1.54) is 9.56 Å². The van der Waals surface area contributed by atoms with Crippen LogP contribution in [0.5, 0.6) is 0 Å². The molecule has 0 spiro atoms. The highest BCUT2D eigenvalue weighted by Gasteiger charge is 2.14. The molecule has 0 aromatic carbocycles. The third-order valence-corrected chi connectivity index (χ3v) is 4.19. The summed E-state index contributed by atoms with van der Waals surface area (Å²) in [6.07, 6.45) is 1.60. The van der Waals surface area contributed by atoms with Crippen molar-refractivity contribution in [2.75, 3.05) is 5.32 Å². The minimum Gasteiger partial charge on any atom is -0.375 e. The van der Waals surface area contributed by atoms with Gasteiger partial charge >= 0.3 is 0 Å². The summed E-state index contributed by atoms with van der Waals surface area (Å²) in [5.74, 6) is 0. The molecular formula is C13H16ClN3OS. The van der Waals surface area contributed by atoms with Gasteiger partial charge in [-0.3, -0.25) is 4.79 Å². The van der Waals surface area contributed by atoms with E-state index in [-0.39, 0.29) is 22.7 Å². The summed E-state index contributed by atoms with van der Waals surface area (Å²) in [6, 6.07) is 4.12. The van der Waals surface area contributed by atoms with Crippen molar-refractivity contribution in [2.24, 2.45) is 0 Å². The molecule has 6 heteroatoms. The summed E-state index contributed by atoms with van der Waals surface area (Å²) in [7, 11) is 0. The van der Waals surface area contributed by atoms with Crippen molar-refractivity contribution in [1.29, 1.82) is 0 Å². The van der Waals surface area contributed by atoms with E-state index in [1.807, 2.05) is 38.3 Å². The van der Waals surface area contributed by atoms with Gasteiger partial charge in [0.25, 0.3) is 5.56 Å². The van der Waals surface area contributed by atoms with Gasteiger partial charge in [-0.2, -0.15) is 5.10 Å². The van der Waals surface area contributed by atoms with Gasteiger partial charge in [-0.25, -0.2) is 4.68 Å². The van der Waals surface area contributed by atoms with Crippen molar-refractivity contribution >= 4 is 28.6 Å². The van der Waals surface area contributed by atoms with Gasteiger partial charge in [-0.15, -0.1) is 11.3 Å². The van der Waals surface area contributed by atoms with Crippen LogP contribution in [0.1, 0.15) is 37.7 Å². The highest BCUT2D eigenvalue weighted by atomic mass is 35.5. The predicted octanol–water partition coefficient (Wildman–Crippen LogP) is 3.71. The number of aromatic nitrogens is 2. The highest BCUT2D eigenvalue weighted by molar-refractivity contribution is 7.10. The summed E-state index contributed by atoms with van der Waals surface area (Å²) in [6.45, 7) is 5.81. The van der Waals surface area contributed by atoms with Crippen molar-refractivity contribution in [3.05, 3.63) is 44.0 Å². The van der Waals surface area contributed by atoms with Gasteiger partial charge in [-0.05, 0) is 32.2 Å². The Kier molecular flexibility index (Phi) is 4.27. The molecule has 1 N–H and O–H groups in total. The van der Waals surface area contributed by atoms with Gasteiger partial charge in [0.1, 0.15) is 5.02 Å². The fourth-order valence-corrected chi connectivity index (χ4v) is 2.68. The van der Waals surface area contributed by atoms with E-state index >= 15 is 0 Å². The fourth-order valence-electron chi connectivity index (χ4n) is 1.76. The maximum Gasteiger partial charge on any atom is 0.287 e. The van der Waals surface area contributed by atoms with Crippen molar-refractivity contribution in [3.8, 4) is 0 Å². The average molecular weight is 298 g/mol. The quantitative estimate of drug-likeness (QED) is 0.936. The van der Waals surface area contributed by atoms with Crippen LogP contribution in [0, 0.1) is 0 Å². The molecule has 2 aromatic rings. The van der Waals surface area contributed by atoms with Crippen LogP contribution in [-0.4, -0.2) is 9.78 Å². The molecule has 0 saturated heterocycles. The first-order valence-electron chi connectivity index (χ1n) is 6.08. The number of hydrogen-bond donors (Lipinski definition) is 1. The highest BCUT2D eigenvalue weighted by Crippen LogP contribution is 2.25. The van der Waals surface area contributed by atoms with Crippen LogP contribution in [0.4, 0.5) is 5.69 Å². The Morgan fingerprint density at radius 1 is 1.42 bits per heavy atom. The topological polar surface area (TPSA) is 46.9 Å². The second-order valence-corrected chi connectivity index (χ2v) is 5.95. The lowest BCUT2D eigenvalue weighted by Gasteiger charge is -2.16. The first-order valence-corrected chi connectivity index (χ1v) is 7.33. The number of nitrogens with one attached hydrogen (secondary N) is 1. The largest absolute Gasteiger partial charge is 0.375 e. The number of anilines is 1. The van der Waals surface area contributed by atoms with E-state index in [0.717, 1.165) is 0 Å². The number of nitrogens with zero attached hydrogens (tertiary/aromatic N) is 2. The van der Waals surface area contributed by atoms with Crippen LogP contribution in [0.15, 0.2) is 28.5 Å². The van der Waals surface area contributed by atoms with Gasteiger partial charge in [0, 0.05) is 4.88 Å². The Morgan fingerprint density at radius 2 is 2.16 bits per heavy atom. The zero-order chi connectivity index (χ0) is 14.0. The molecule has 1 unspecified atom stereocenters. The summed E-state index contributed by atoms with van der Waals surface area (Å²) in [5.41, 5.74) is 0.310. The zero-order valence-electron chi connectivity index (χ0n) is 11.1. The molecule has 0 amide bonds. The summed E-state index contributed by atoms with van der Waals surface area (Å²) in [5, 5.41) is 9.56. The van der Waals surface area contributed by atoms with E-state index in [2.05, 4.69) is 10.4 Å². The third-order valence-electron chi connectivity index (χ3n) is 2.77. The molecule has 2 aromatic heterocycles. The summed E-state index contributed by atoms with van der Waals surface area (Å²) in [4.78, 5) is 13.2. The van der Waals surface area contributed by atoms with Crippen molar-refractivity contribution < 1.29 is 0 Å². The second-order valence-electron chi connectivity index (χ2n) is 4.60. The molecule has 0 fully saturated rings. The molecule has 0 aliphatic carbocycles. The smallest absolute Gasteiger partial charge is 0.287 e. The first-order chi connectivity index (χ1) is 9.00. The fraction of sp³-hybridized carbons (Fsp3) is 0.385. The molecule has 19 heavy (non-hydrogen) atoms. The third kappa shape index (κ3) is 2.98. The van der Waals surface area contributed by atoms with E-state index < -0.39 is 0 Å². The lowest BCUT2D eigenvalue weighted by Crippen LogP contribution is -2.26. The first kappa shape index (κ1) is 14.1. The summed E-state index contributed by atoms with van der Waals surface area (Å²) >= 11 is 7.77. The maximum atomic E-state index is 12.0. The van der Waals surface area contributed by atoms with Gasteiger partial charge in [0.15, 0.2) is 0 Å². The van der Waals surface area contributed by atoms with Crippen molar-refractivity contribution in [3.63, 3.8) is 0 Å². The molecule has 102 valence electrons. The Morgan fingerprint density at radius 3 is 2.74 bits per heavy atom. The number of halogens is 1. The van der Waals surface area contributed by atoms with Crippen LogP contribution in [0.2, 0.25) is 5.02 Å². The Labute approximate surface area is 121 Å². The minimum absolute atomic E-state index is 0.00577. The standard InChI is InChI=1S/C13H16ClN3OS/c1-8(2)17-13(18)12(14)10(7-15-17)16-9(3)11-5-4-6-19-11/h4-9,16H,1-3H3. The Balaban J connectivity index is 2.27. The Bertz CT molecular complexity index is 607. The van der Waals surface area contributed by atoms with Crippen LogP contribution >= 0.6 is 22.9 Å². The molecular weight excluding hydrogens is 282 g/mol. The minimum atomic E-state index is -0.264. The average Bonchev–Trinajstić information content (AvgIpc) is 2.88. The lowest BCUT2D eigenvalue weighted by molar-refractivity contribution is 0.503. The molecule has 2 rings (SSSR count). The van der Waals surface area contributed by atoms with E-state index in [4.69, 9.17) is 11.6 Å². The molecule has 0 aliphatic heterocycles. The van der Waals surface area contributed by atoms with Crippen LogP contribution < -0.4 is 10.9 Å². The maximum absolute atomic E-state index is 12.0. The predicted molar refractivity (Wildman–Crippen MR) is 80.2 cm³/mol. The molecule has 0 aliphatic rings. The SMILES string of the molecule is CC(Nc1cnn(C(C)C)c(=O)c1Cl)c1cccs1. The second kappa shape index (κ2) is 5.75. The van der Waals surface area contributed by atoms with Crippen molar-refractivity contribution in [2.45, 2.75) is 32.9 Å². The molecule has 1 atom stereocenters. The van der Waals surface area contributed by atoms with Crippen LogP contribution in [0.25, 0.3) is 0 Å². The summed E-state index contributed by atoms with van der Waals surface area (Å²) < 4.78 is 1.38. The van der Waals surface area contributed by atoms with Gasteiger partial charge in [0.05, 0.1) is 24.0 Å². The molecule has 0 bridgehead atoms. The van der Waals surface area contributed by atoms with Crippen LogP contribution in [0.3, 0.4) is 0 Å². The zero-order valence-corrected chi connectivity index (χ0v) is 12.6. The van der Waals surface area contributed by atoms with Gasteiger partial charge < -0.3 is 5.32 Å². The monoisotopic (exact) mass is 297 g/mol. The molecule has 4 nitrogen and oxygen atoms in total. The molecule has 0 saturated carbocycles. The van der Waals surface area contributed by atoms with Gasteiger partial charge in [-0.1, -0.05) is 17.7 Å². The van der Waals surface area contributed by atoms with Gasteiger partial charge in [0.2, 0.25) is 0 Å². The van der Waals surface area contributed by atoms with E-state index in [1.54, 1.807) is 17.5 Å². The number of hydrogen-bond acceptors (Lipinski definition) is 4. The normalized spacial score (nSPS) is 12.7. The lowest BCUT2D eigenvalue weighted by atomic mass is 10.2. The van der Waals surface area contributed by atoms with Crippen molar-refractivity contribution in [1.82, 2.24) is 9.78 Å². The number of rotatable bonds is 4. The van der Waals surface area contributed by atoms with E-state index in [0.29, 0.717) is 5.69 Å².